The molecule has 1 atom stereocenters. The maximum Gasteiger partial charge on any atom is 0.180 e. The molecule has 2 heterocycles. The van der Waals surface area contributed by atoms with E-state index < -0.39 is 9.84 Å². The zero-order valence-electron chi connectivity index (χ0n) is 11.2. The highest BCUT2D eigenvalue weighted by atomic mass is 32.2. The highest BCUT2D eigenvalue weighted by molar-refractivity contribution is 7.91. The van der Waals surface area contributed by atoms with E-state index in [1.807, 2.05) is 19.2 Å². The second-order valence-corrected chi connectivity index (χ2v) is 6.91. The van der Waals surface area contributed by atoms with Crippen molar-refractivity contribution in [3.63, 3.8) is 0 Å². The Morgan fingerprint density at radius 1 is 1.40 bits per heavy atom. The van der Waals surface area contributed by atoms with Gasteiger partial charge in [0.15, 0.2) is 15.7 Å². The van der Waals surface area contributed by atoms with Gasteiger partial charge < -0.3 is 5.32 Å². The van der Waals surface area contributed by atoms with Gasteiger partial charge in [-0.05, 0) is 11.6 Å². The second kappa shape index (κ2) is 4.99. The van der Waals surface area contributed by atoms with Crippen LogP contribution in [-0.2, 0) is 23.3 Å². The van der Waals surface area contributed by atoms with E-state index in [4.69, 9.17) is 0 Å². The van der Waals surface area contributed by atoms with Crippen LogP contribution in [0, 0.1) is 0 Å². The minimum atomic E-state index is -3.14. The van der Waals surface area contributed by atoms with Gasteiger partial charge in [0.05, 0.1) is 10.6 Å². The Labute approximate surface area is 117 Å². The molecule has 1 aromatic heterocycles. The van der Waals surface area contributed by atoms with Gasteiger partial charge in [-0.3, -0.25) is 4.68 Å². The maximum atomic E-state index is 12.0. The number of nitrogens with zero attached hydrogens (tertiary/aromatic N) is 3. The second-order valence-electron chi connectivity index (χ2n) is 4.91. The van der Waals surface area contributed by atoms with Crippen molar-refractivity contribution in [3.8, 4) is 0 Å². The minimum absolute atomic E-state index is 0.127. The van der Waals surface area contributed by atoms with Crippen LogP contribution in [0.4, 0.5) is 0 Å². The molecular weight excluding hydrogens is 276 g/mol. The number of fused-ring (bicyclic) bond motifs is 1. The molecule has 0 fully saturated rings. The van der Waals surface area contributed by atoms with Gasteiger partial charge in [0.2, 0.25) is 0 Å². The monoisotopic (exact) mass is 292 g/mol. The molecule has 20 heavy (non-hydrogen) atoms. The van der Waals surface area contributed by atoms with Gasteiger partial charge in [0.25, 0.3) is 0 Å². The summed E-state index contributed by atoms with van der Waals surface area (Å²) in [7, 11) is -1.32. The number of sulfone groups is 1. The molecule has 1 N–H and O–H groups in total. The van der Waals surface area contributed by atoms with Crippen LogP contribution in [0.2, 0.25) is 0 Å². The van der Waals surface area contributed by atoms with Crippen molar-refractivity contribution in [2.75, 3.05) is 12.3 Å². The van der Waals surface area contributed by atoms with Gasteiger partial charge in [0.1, 0.15) is 6.33 Å². The average molecular weight is 292 g/mol. The van der Waals surface area contributed by atoms with Crippen molar-refractivity contribution in [1.82, 2.24) is 20.1 Å². The van der Waals surface area contributed by atoms with Crippen molar-refractivity contribution in [2.45, 2.75) is 17.4 Å². The first-order valence-electron chi connectivity index (χ1n) is 6.46. The number of nitrogens with one attached hydrogen (secondary N) is 1. The predicted molar refractivity (Wildman–Crippen MR) is 73.9 cm³/mol. The molecule has 0 saturated heterocycles. The fourth-order valence-electron chi connectivity index (χ4n) is 2.48. The lowest BCUT2D eigenvalue weighted by Crippen LogP contribution is -2.25. The summed E-state index contributed by atoms with van der Waals surface area (Å²) in [4.78, 5) is 4.60. The van der Waals surface area contributed by atoms with E-state index in [1.165, 1.54) is 0 Å². The van der Waals surface area contributed by atoms with Gasteiger partial charge in [-0.15, -0.1) is 0 Å². The molecule has 1 aliphatic heterocycles. The summed E-state index contributed by atoms with van der Waals surface area (Å²) in [6, 6.07) is 7.04. The predicted octanol–water partition coefficient (Wildman–Crippen LogP) is 0.476. The molecule has 0 spiro atoms. The van der Waals surface area contributed by atoms with Crippen molar-refractivity contribution >= 4 is 9.84 Å². The molecule has 3 rings (SSSR count). The van der Waals surface area contributed by atoms with Crippen LogP contribution in [0.3, 0.4) is 0 Å². The van der Waals surface area contributed by atoms with E-state index in [9.17, 15) is 8.42 Å². The number of rotatable bonds is 4. The molecular formula is C13H16N4O2S. The molecule has 1 aliphatic rings. The first-order valence-corrected chi connectivity index (χ1v) is 8.11. The first kappa shape index (κ1) is 13.3. The zero-order valence-corrected chi connectivity index (χ0v) is 12.0. The van der Waals surface area contributed by atoms with Gasteiger partial charge >= 0.3 is 0 Å². The van der Waals surface area contributed by atoms with Crippen LogP contribution in [0.15, 0.2) is 35.5 Å². The van der Waals surface area contributed by atoms with Crippen LogP contribution in [0.25, 0.3) is 0 Å². The third-order valence-electron chi connectivity index (χ3n) is 3.40. The molecule has 7 heteroatoms. The normalized spacial score (nSPS) is 19.9. The Morgan fingerprint density at radius 3 is 2.95 bits per heavy atom. The molecule has 0 aliphatic carbocycles. The number of benzene rings is 1. The smallest absolute Gasteiger partial charge is 0.180 e. The summed E-state index contributed by atoms with van der Waals surface area (Å²) in [6.45, 7) is 0.651. The number of aryl methyl sites for hydroxylation is 1. The maximum absolute atomic E-state index is 12.0. The Morgan fingerprint density at radius 2 is 2.20 bits per heavy atom. The molecule has 1 aromatic carbocycles. The van der Waals surface area contributed by atoms with Gasteiger partial charge in [-0.25, -0.2) is 13.4 Å². The third kappa shape index (κ3) is 2.46. The molecule has 6 nitrogen and oxygen atoms in total. The summed E-state index contributed by atoms with van der Waals surface area (Å²) in [5, 5.41) is 7.48. The zero-order chi connectivity index (χ0) is 14.2. The van der Waals surface area contributed by atoms with Crippen LogP contribution >= 0.6 is 0 Å². The fraction of sp³-hybridized carbons (Fsp3) is 0.385. The molecule has 0 radical (unpaired) electrons. The van der Waals surface area contributed by atoms with Crippen molar-refractivity contribution in [3.05, 3.63) is 42.0 Å². The van der Waals surface area contributed by atoms with Crippen LogP contribution in [0.1, 0.15) is 17.4 Å². The SMILES string of the molecule is Cn1cnc(CCNC2CS(=O)(=O)c3ccccc32)n1. The Balaban J connectivity index is 1.68. The molecule has 2 aromatic rings. The van der Waals surface area contributed by atoms with Crippen LogP contribution in [-0.4, -0.2) is 35.5 Å². The van der Waals surface area contributed by atoms with Gasteiger partial charge in [-0.1, -0.05) is 18.2 Å². The van der Waals surface area contributed by atoms with E-state index in [-0.39, 0.29) is 11.8 Å². The minimum Gasteiger partial charge on any atom is -0.309 e. The standard InChI is InChI=1S/C13H16N4O2S/c1-17-9-15-13(16-17)6-7-14-11-8-20(18,19)12-5-3-2-4-10(11)12/h2-5,9,11,14H,6-8H2,1H3. The topological polar surface area (TPSA) is 76.9 Å². The quantitative estimate of drug-likeness (QED) is 0.886. The number of hydrogen-bond acceptors (Lipinski definition) is 5. The lowest BCUT2D eigenvalue weighted by atomic mass is 10.1. The van der Waals surface area contributed by atoms with Crippen molar-refractivity contribution in [1.29, 1.82) is 0 Å². The molecule has 106 valence electrons. The number of aromatic nitrogens is 3. The summed E-state index contributed by atoms with van der Waals surface area (Å²) in [5.41, 5.74) is 0.862. The Kier molecular flexibility index (Phi) is 3.31. The molecule has 1 unspecified atom stereocenters. The molecule has 0 amide bonds. The summed E-state index contributed by atoms with van der Waals surface area (Å²) in [6.07, 6.45) is 2.34. The van der Waals surface area contributed by atoms with Crippen LogP contribution in [0.5, 0.6) is 0 Å². The van der Waals surface area contributed by atoms with Crippen LogP contribution < -0.4 is 5.32 Å². The van der Waals surface area contributed by atoms with E-state index >= 15 is 0 Å². The largest absolute Gasteiger partial charge is 0.309 e. The Hall–Kier alpha value is -1.73. The lowest BCUT2D eigenvalue weighted by molar-refractivity contribution is 0.563. The summed E-state index contributed by atoms with van der Waals surface area (Å²) < 4.78 is 25.7. The number of hydrogen-bond donors (Lipinski definition) is 1. The molecule has 0 bridgehead atoms. The van der Waals surface area contributed by atoms with E-state index in [1.54, 1.807) is 23.1 Å². The highest BCUT2D eigenvalue weighted by Crippen LogP contribution is 2.32. The van der Waals surface area contributed by atoms with Gasteiger partial charge in [0, 0.05) is 26.1 Å². The van der Waals surface area contributed by atoms with E-state index in [0.717, 1.165) is 11.4 Å². The fourth-order valence-corrected chi connectivity index (χ4v) is 4.25. The van der Waals surface area contributed by atoms with E-state index in [2.05, 4.69) is 15.4 Å². The highest BCUT2D eigenvalue weighted by Gasteiger charge is 2.33. The van der Waals surface area contributed by atoms with Crippen molar-refractivity contribution in [2.24, 2.45) is 7.05 Å². The summed E-state index contributed by atoms with van der Waals surface area (Å²) in [5.74, 6) is 0.885. The summed E-state index contributed by atoms with van der Waals surface area (Å²) >= 11 is 0. The third-order valence-corrected chi connectivity index (χ3v) is 5.22. The Bertz CT molecular complexity index is 723. The lowest BCUT2D eigenvalue weighted by Gasteiger charge is -2.11. The van der Waals surface area contributed by atoms with Crippen molar-refractivity contribution < 1.29 is 8.42 Å². The van der Waals surface area contributed by atoms with E-state index in [0.29, 0.717) is 17.9 Å². The average Bonchev–Trinajstić information content (AvgIpc) is 2.93. The first-order chi connectivity index (χ1) is 9.56. The van der Waals surface area contributed by atoms with Gasteiger partial charge in [-0.2, -0.15) is 5.10 Å². The molecule has 0 saturated carbocycles.